The number of nitrogens with two attached hydrogens (primary N) is 1. The van der Waals surface area contributed by atoms with Gasteiger partial charge in [-0.15, -0.1) is 0 Å². The molecule has 0 spiro atoms. The number of carbonyl (C=O) groups is 1. The van der Waals surface area contributed by atoms with Gasteiger partial charge in [0.05, 0.1) is 6.04 Å². The Morgan fingerprint density at radius 3 is 2.71 bits per heavy atom. The summed E-state index contributed by atoms with van der Waals surface area (Å²) in [6.45, 7) is 5.85. The quantitative estimate of drug-likeness (QED) is 0.311. The van der Waals surface area contributed by atoms with Crippen LogP contribution in [0.5, 0.6) is 0 Å². The SMILES string of the molecule is CCCC(C(=O)NN)N1CCNCC1. The standard InChI is InChI=1S/C9H20N4O/c1-2-3-8(9(14)12-10)13-6-4-11-5-7-13/h8,11H,2-7,10H2,1H3,(H,12,14). The summed E-state index contributed by atoms with van der Waals surface area (Å²) in [7, 11) is 0. The molecule has 5 heteroatoms. The van der Waals surface area contributed by atoms with Crippen LogP contribution < -0.4 is 16.6 Å². The van der Waals surface area contributed by atoms with E-state index in [4.69, 9.17) is 5.84 Å². The maximum absolute atomic E-state index is 11.5. The molecule has 0 radical (unpaired) electrons. The number of nitrogens with one attached hydrogen (secondary N) is 2. The Hall–Kier alpha value is -0.650. The summed E-state index contributed by atoms with van der Waals surface area (Å²) >= 11 is 0. The van der Waals surface area contributed by atoms with Crippen LogP contribution in [0.1, 0.15) is 19.8 Å². The van der Waals surface area contributed by atoms with Crippen molar-refractivity contribution in [2.75, 3.05) is 26.2 Å². The summed E-state index contributed by atoms with van der Waals surface area (Å²) in [6, 6.07) is -0.0490. The number of hydrogen-bond donors (Lipinski definition) is 3. The maximum Gasteiger partial charge on any atom is 0.251 e. The van der Waals surface area contributed by atoms with Crippen molar-refractivity contribution in [1.29, 1.82) is 0 Å². The van der Waals surface area contributed by atoms with Gasteiger partial charge in [-0.3, -0.25) is 15.1 Å². The molecule has 82 valence electrons. The van der Waals surface area contributed by atoms with Gasteiger partial charge in [-0.2, -0.15) is 0 Å². The Bertz CT molecular complexity index is 180. The first-order chi connectivity index (χ1) is 6.79. The molecule has 1 saturated heterocycles. The molecule has 4 N–H and O–H groups in total. The van der Waals surface area contributed by atoms with Gasteiger partial charge in [-0.25, -0.2) is 5.84 Å². The number of rotatable bonds is 4. The fourth-order valence-electron chi connectivity index (χ4n) is 1.84. The number of hydrogen-bond acceptors (Lipinski definition) is 4. The van der Waals surface area contributed by atoms with E-state index in [1.807, 2.05) is 0 Å². The van der Waals surface area contributed by atoms with E-state index in [1.54, 1.807) is 0 Å². The fraction of sp³-hybridized carbons (Fsp3) is 0.889. The lowest BCUT2D eigenvalue weighted by Crippen LogP contribution is -2.54. The molecule has 1 rings (SSSR count). The van der Waals surface area contributed by atoms with Gasteiger partial charge in [-0.1, -0.05) is 13.3 Å². The Balaban J connectivity index is 2.50. The Morgan fingerprint density at radius 2 is 2.21 bits per heavy atom. The van der Waals surface area contributed by atoms with Crippen LogP contribution in [0, 0.1) is 0 Å². The molecule has 1 aliphatic rings. The lowest BCUT2D eigenvalue weighted by atomic mass is 10.1. The van der Waals surface area contributed by atoms with Crippen molar-refractivity contribution in [2.45, 2.75) is 25.8 Å². The molecule has 5 nitrogen and oxygen atoms in total. The van der Waals surface area contributed by atoms with Crippen LogP contribution in [0.25, 0.3) is 0 Å². The molecule has 0 saturated carbocycles. The van der Waals surface area contributed by atoms with E-state index >= 15 is 0 Å². The number of carbonyl (C=O) groups excluding carboxylic acids is 1. The molecule has 0 aliphatic carbocycles. The van der Waals surface area contributed by atoms with Crippen molar-refractivity contribution in [3.8, 4) is 0 Å². The first-order valence-corrected chi connectivity index (χ1v) is 5.24. The molecule has 1 amide bonds. The normalized spacial score (nSPS) is 20.4. The summed E-state index contributed by atoms with van der Waals surface area (Å²) in [5, 5.41) is 3.26. The van der Waals surface area contributed by atoms with E-state index in [0.717, 1.165) is 39.0 Å². The van der Waals surface area contributed by atoms with Crippen molar-refractivity contribution in [3.63, 3.8) is 0 Å². The van der Waals surface area contributed by atoms with E-state index in [1.165, 1.54) is 0 Å². The van der Waals surface area contributed by atoms with Crippen LogP contribution in [-0.2, 0) is 4.79 Å². The van der Waals surface area contributed by atoms with Gasteiger partial charge < -0.3 is 5.32 Å². The van der Waals surface area contributed by atoms with E-state index in [0.29, 0.717) is 0 Å². The highest BCUT2D eigenvalue weighted by Crippen LogP contribution is 2.08. The van der Waals surface area contributed by atoms with Crippen molar-refractivity contribution in [1.82, 2.24) is 15.6 Å². The molecule has 0 bridgehead atoms. The molecule has 1 unspecified atom stereocenters. The van der Waals surface area contributed by atoms with E-state index in [9.17, 15) is 4.79 Å². The van der Waals surface area contributed by atoms with Crippen LogP contribution in [0.4, 0.5) is 0 Å². The zero-order chi connectivity index (χ0) is 10.4. The van der Waals surface area contributed by atoms with Crippen molar-refractivity contribution < 1.29 is 4.79 Å². The maximum atomic E-state index is 11.5. The topological polar surface area (TPSA) is 70.4 Å². The van der Waals surface area contributed by atoms with Crippen molar-refractivity contribution in [2.24, 2.45) is 5.84 Å². The number of piperazine rings is 1. The largest absolute Gasteiger partial charge is 0.314 e. The summed E-state index contributed by atoms with van der Waals surface area (Å²) in [4.78, 5) is 13.7. The fourth-order valence-corrected chi connectivity index (χ4v) is 1.84. The summed E-state index contributed by atoms with van der Waals surface area (Å²) < 4.78 is 0. The highest BCUT2D eigenvalue weighted by molar-refractivity contribution is 5.81. The minimum Gasteiger partial charge on any atom is -0.314 e. The zero-order valence-corrected chi connectivity index (χ0v) is 8.75. The summed E-state index contributed by atoms with van der Waals surface area (Å²) in [6.07, 6.45) is 1.88. The highest BCUT2D eigenvalue weighted by Gasteiger charge is 2.25. The third-order valence-corrected chi connectivity index (χ3v) is 2.60. The van der Waals surface area contributed by atoms with Crippen LogP contribution >= 0.6 is 0 Å². The van der Waals surface area contributed by atoms with E-state index < -0.39 is 0 Å². The number of amides is 1. The smallest absolute Gasteiger partial charge is 0.251 e. The first-order valence-electron chi connectivity index (χ1n) is 5.24. The number of nitrogens with zero attached hydrogens (tertiary/aromatic N) is 1. The van der Waals surface area contributed by atoms with Crippen LogP contribution in [0.2, 0.25) is 0 Å². The molecule has 0 aromatic carbocycles. The zero-order valence-electron chi connectivity index (χ0n) is 8.75. The van der Waals surface area contributed by atoms with Crippen molar-refractivity contribution >= 4 is 5.91 Å². The Morgan fingerprint density at radius 1 is 1.57 bits per heavy atom. The molecule has 0 aromatic rings. The summed E-state index contributed by atoms with van der Waals surface area (Å²) in [5.41, 5.74) is 2.25. The van der Waals surface area contributed by atoms with E-state index in [-0.39, 0.29) is 11.9 Å². The van der Waals surface area contributed by atoms with Crippen molar-refractivity contribution in [3.05, 3.63) is 0 Å². The molecule has 14 heavy (non-hydrogen) atoms. The summed E-state index contributed by atoms with van der Waals surface area (Å²) in [5.74, 6) is 5.11. The minimum atomic E-state index is -0.0613. The van der Waals surface area contributed by atoms with Crippen LogP contribution in [-0.4, -0.2) is 43.0 Å². The van der Waals surface area contributed by atoms with Gasteiger partial charge in [0.2, 0.25) is 0 Å². The van der Waals surface area contributed by atoms with Gasteiger partial charge in [0.25, 0.3) is 5.91 Å². The van der Waals surface area contributed by atoms with Gasteiger partial charge in [0.15, 0.2) is 0 Å². The molecular weight excluding hydrogens is 180 g/mol. The number of hydrazine groups is 1. The van der Waals surface area contributed by atoms with Gasteiger partial charge >= 0.3 is 0 Å². The first kappa shape index (κ1) is 11.4. The second-order valence-electron chi connectivity index (χ2n) is 3.60. The lowest BCUT2D eigenvalue weighted by Gasteiger charge is -2.33. The van der Waals surface area contributed by atoms with Gasteiger partial charge in [-0.05, 0) is 6.42 Å². The monoisotopic (exact) mass is 200 g/mol. The molecule has 1 heterocycles. The third-order valence-electron chi connectivity index (χ3n) is 2.60. The molecule has 0 aromatic heterocycles. The molecule has 1 atom stereocenters. The predicted octanol–water partition coefficient (Wildman–Crippen LogP) is -0.950. The van der Waals surface area contributed by atoms with Gasteiger partial charge in [0.1, 0.15) is 0 Å². The molecule has 1 fully saturated rings. The Kier molecular flexibility index (Phi) is 4.86. The second-order valence-corrected chi connectivity index (χ2v) is 3.60. The van der Waals surface area contributed by atoms with Gasteiger partial charge in [0, 0.05) is 26.2 Å². The van der Waals surface area contributed by atoms with E-state index in [2.05, 4.69) is 22.6 Å². The third kappa shape index (κ3) is 2.94. The highest BCUT2D eigenvalue weighted by atomic mass is 16.2. The Labute approximate surface area is 85.0 Å². The molecular formula is C9H20N4O. The molecule has 1 aliphatic heterocycles. The average Bonchev–Trinajstić information content (AvgIpc) is 2.26. The lowest BCUT2D eigenvalue weighted by molar-refractivity contribution is -0.127. The van der Waals surface area contributed by atoms with Crippen LogP contribution in [0.3, 0.4) is 0 Å². The predicted molar refractivity (Wildman–Crippen MR) is 55.5 cm³/mol. The van der Waals surface area contributed by atoms with Crippen LogP contribution in [0.15, 0.2) is 0 Å². The average molecular weight is 200 g/mol. The second kappa shape index (κ2) is 5.95. The minimum absolute atomic E-state index is 0.0490.